The highest BCUT2D eigenvalue weighted by Gasteiger charge is 2.09. The van der Waals surface area contributed by atoms with E-state index in [-0.39, 0.29) is 18.4 Å². The van der Waals surface area contributed by atoms with Crippen molar-refractivity contribution < 1.29 is 9.90 Å². The van der Waals surface area contributed by atoms with Crippen LogP contribution in [0.2, 0.25) is 5.02 Å². The maximum absolute atomic E-state index is 11.6. The van der Waals surface area contributed by atoms with Crippen LogP contribution in [0.25, 0.3) is 0 Å². The zero-order valence-corrected chi connectivity index (χ0v) is 11.2. The van der Waals surface area contributed by atoms with Crippen LogP contribution in [0.4, 0.5) is 5.69 Å². The largest absolute Gasteiger partial charge is 0.395 e. The van der Waals surface area contributed by atoms with Crippen molar-refractivity contribution in [1.29, 1.82) is 0 Å². The lowest BCUT2D eigenvalue weighted by Crippen LogP contribution is -2.18. The Hall–Kier alpha value is -1.50. The number of aliphatic hydroxyl groups is 1. The molecule has 3 nitrogen and oxygen atoms in total. The third kappa shape index (κ3) is 4.40. The minimum absolute atomic E-state index is 0.0151. The van der Waals surface area contributed by atoms with Gasteiger partial charge in [0.1, 0.15) is 0 Å². The zero-order valence-electron chi connectivity index (χ0n) is 10.5. The van der Waals surface area contributed by atoms with Crippen molar-refractivity contribution in [3.63, 3.8) is 0 Å². The number of hydrogen-bond acceptors (Lipinski definition) is 2. The number of anilines is 1. The van der Waals surface area contributed by atoms with Crippen molar-refractivity contribution in [1.82, 2.24) is 0 Å². The predicted molar refractivity (Wildman–Crippen MR) is 73.5 cm³/mol. The van der Waals surface area contributed by atoms with E-state index in [1.807, 2.05) is 13.8 Å². The van der Waals surface area contributed by atoms with Crippen LogP contribution in [0.3, 0.4) is 0 Å². The van der Waals surface area contributed by atoms with E-state index in [1.54, 1.807) is 18.2 Å². The lowest BCUT2D eigenvalue weighted by molar-refractivity contribution is -0.118. The number of rotatable bonds is 3. The number of hydrogen-bond donors (Lipinski definition) is 2. The number of nitrogens with one attached hydrogen (secondary N) is 1. The molecule has 96 valence electrons. The molecule has 0 radical (unpaired) electrons. The van der Waals surface area contributed by atoms with Crippen LogP contribution in [0.15, 0.2) is 18.2 Å². The molecule has 0 saturated heterocycles. The first-order valence-corrected chi connectivity index (χ1v) is 6.12. The summed E-state index contributed by atoms with van der Waals surface area (Å²) >= 11 is 5.90. The molecule has 0 spiro atoms. The van der Waals surface area contributed by atoms with E-state index >= 15 is 0 Å². The van der Waals surface area contributed by atoms with Gasteiger partial charge in [-0.1, -0.05) is 37.3 Å². The van der Waals surface area contributed by atoms with Gasteiger partial charge < -0.3 is 10.4 Å². The average Bonchev–Trinajstić information content (AvgIpc) is 2.32. The van der Waals surface area contributed by atoms with Gasteiger partial charge in [0.25, 0.3) is 0 Å². The van der Waals surface area contributed by atoms with Gasteiger partial charge >= 0.3 is 0 Å². The number of aliphatic hydroxyl groups excluding tert-OH is 1. The molecule has 0 aliphatic carbocycles. The molecule has 1 amide bonds. The van der Waals surface area contributed by atoms with E-state index in [2.05, 4.69) is 17.2 Å². The second-order valence-electron chi connectivity index (χ2n) is 4.11. The molecule has 2 N–H and O–H groups in total. The average molecular weight is 266 g/mol. The maximum atomic E-state index is 11.6. The normalized spacial score (nSPS) is 9.83. The van der Waals surface area contributed by atoms with E-state index in [0.717, 1.165) is 0 Å². The lowest BCUT2D eigenvalue weighted by atomic mass is 10.1. The molecule has 18 heavy (non-hydrogen) atoms. The van der Waals surface area contributed by atoms with Crippen molar-refractivity contribution in [2.24, 2.45) is 5.92 Å². The molecule has 1 rings (SSSR count). The molecule has 1 aromatic rings. The summed E-state index contributed by atoms with van der Waals surface area (Å²) in [6.45, 7) is 3.66. The topological polar surface area (TPSA) is 49.3 Å². The number of carbonyl (C=O) groups excluding carboxylic acids is 1. The number of amides is 1. The molecule has 0 atom stereocenters. The lowest BCUT2D eigenvalue weighted by Gasteiger charge is -2.09. The third-order valence-corrected chi connectivity index (χ3v) is 2.46. The van der Waals surface area contributed by atoms with Gasteiger partial charge in [0.2, 0.25) is 5.91 Å². The van der Waals surface area contributed by atoms with Gasteiger partial charge in [-0.05, 0) is 18.2 Å². The third-order valence-electron chi connectivity index (χ3n) is 2.22. The van der Waals surface area contributed by atoms with E-state index in [4.69, 9.17) is 16.7 Å². The van der Waals surface area contributed by atoms with Crippen molar-refractivity contribution >= 4 is 23.2 Å². The summed E-state index contributed by atoms with van der Waals surface area (Å²) in [6, 6.07) is 5.13. The fourth-order valence-electron chi connectivity index (χ4n) is 1.22. The van der Waals surface area contributed by atoms with Crippen molar-refractivity contribution in [2.75, 3.05) is 11.9 Å². The predicted octanol–water partition coefficient (Wildman–Crippen LogP) is 2.67. The Bertz CT molecular complexity index is 486. The SMILES string of the molecule is CC(C)C(=O)Nc1ccc(Cl)cc1C#CCCO. The summed E-state index contributed by atoms with van der Waals surface area (Å²) in [6.07, 6.45) is 0.393. The van der Waals surface area contributed by atoms with Gasteiger partial charge in [-0.3, -0.25) is 4.79 Å². The second kappa shape index (κ2) is 7.05. The van der Waals surface area contributed by atoms with Crippen LogP contribution >= 0.6 is 11.6 Å². The fourth-order valence-corrected chi connectivity index (χ4v) is 1.39. The van der Waals surface area contributed by atoms with Crippen LogP contribution < -0.4 is 5.32 Å². The highest BCUT2D eigenvalue weighted by atomic mass is 35.5. The number of benzene rings is 1. The zero-order chi connectivity index (χ0) is 13.5. The van der Waals surface area contributed by atoms with Crippen LogP contribution in [0.1, 0.15) is 25.8 Å². The van der Waals surface area contributed by atoms with Crippen LogP contribution in [-0.2, 0) is 4.79 Å². The summed E-state index contributed by atoms with van der Waals surface area (Å²) in [5.41, 5.74) is 1.30. The Morgan fingerprint density at radius 3 is 2.83 bits per heavy atom. The number of halogens is 1. The molecule has 0 aliphatic rings. The highest BCUT2D eigenvalue weighted by molar-refractivity contribution is 6.30. The van der Waals surface area contributed by atoms with E-state index < -0.39 is 0 Å². The molecular weight excluding hydrogens is 250 g/mol. The van der Waals surface area contributed by atoms with Crippen molar-refractivity contribution in [3.8, 4) is 11.8 Å². The van der Waals surface area contributed by atoms with Gasteiger partial charge in [0, 0.05) is 22.9 Å². The Morgan fingerprint density at radius 1 is 1.50 bits per heavy atom. The molecule has 4 heteroatoms. The highest BCUT2D eigenvalue weighted by Crippen LogP contribution is 2.20. The van der Waals surface area contributed by atoms with E-state index in [1.165, 1.54) is 0 Å². The molecule has 0 fully saturated rings. The van der Waals surface area contributed by atoms with Crippen molar-refractivity contribution in [3.05, 3.63) is 28.8 Å². The van der Waals surface area contributed by atoms with Crippen LogP contribution in [0.5, 0.6) is 0 Å². The first kappa shape index (κ1) is 14.6. The molecule has 0 heterocycles. The van der Waals surface area contributed by atoms with Gasteiger partial charge in [0.05, 0.1) is 12.3 Å². The molecule has 0 saturated carbocycles. The van der Waals surface area contributed by atoms with Crippen LogP contribution in [-0.4, -0.2) is 17.6 Å². The second-order valence-corrected chi connectivity index (χ2v) is 4.55. The standard InChI is InChI=1S/C14H16ClNO2/c1-10(2)14(18)16-13-7-6-12(15)9-11(13)5-3-4-8-17/h6-7,9-10,17H,4,8H2,1-2H3,(H,16,18). The Balaban J connectivity index is 2.97. The van der Waals surface area contributed by atoms with Gasteiger partial charge in [0.15, 0.2) is 0 Å². The smallest absolute Gasteiger partial charge is 0.226 e. The monoisotopic (exact) mass is 265 g/mol. The minimum atomic E-state index is -0.0982. The summed E-state index contributed by atoms with van der Waals surface area (Å²) in [4.78, 5) is 11.6. The molecular formula is C14H16ClNO2. The van der Waals surface area contributed by atoms with E-state index in [0.29, 0.717) is 22.7 Å². The number of carbonyl (C=O) groups is 1. The summed E-state index contributed by atoms with van der Waals surface area (Å²) in [7, 11) is 0. The molecule has 1 aromatic carbocycles. The fraction of sp³-hybridized carbons (Fsp3) is 0.357. The summed E-state index contributed by atoms with van der Waals surface area (Å²) < 4.78 is 0. The molecule has 0 bridgehead atoms. The minimum Gasteiger partial charge on any atom is -0.395 e. The molecule has 0 aliphatic heterocycles. The molecule has 0 aromatic heterocycles. The van der Waals surface area contributed by atoms with Crippen molar-refractivity contribution in [2.45, 2.75) is 20.3 Å². The van der Waals surface area contributed by atoms with Gasteiger partial charge in [-0.15, -0.1) is 0 Å². The Morgan fingerprint density at radius 2 is 2.22 bits per heavy atom. The first-order chi connectivity index (χ1) is 8.54. The maximum Gasteiger partial charge on any atom is 0.226 e. The van der Waals surface area contributed by atoms with Crippen LogP contribution in [0, 0.1) is 17.8 Å². The first-order valence-electron chi connectivity index (χ1n) is 5.74. The Labute approximate surface area is 112 Å². The van der Waals surface area contributed by atoms with E-state index in [9.17, 15) is 4.79 Å². The van der Waals surface area contributed by atoms with Gasteiger partial charge in [-0.2, -0.15) is 0 Å². The summed E-state index contributed by atoms with van der Waals surface area (Å²) in [5.74, 6) is 5.54. The summed E-state index contributed by atoms with van der Waals surface area (Å²) in [5, 5.41) is 12.1. The van der Waals surface area contributed by atoms with Gasteiger partial charge in [-0.25, -0.2) is 0 Å². The Kier molecular flexibility index (Phi) is 5.70. The quantitative estimate of drug-likeness (QED) is 0.826. The molecule has 0 unspecified atom stereocenters.